The third-order valence-electron chi connectivity index (χ3n) is 2.66. The Morgan fingerprint density at radius 1 is 1.43 bits per heavy atom. The number of rotatable bonds is 3. The zero-order valence-corrected chi connectivity index (χ0v) is 10.8. The van der Waals surface area contributed by atoms with Crippen molar-refractivity contribution in [3.63, 3.8) is 0 Å². The fraction of sp³-hybridized carbons (Fsp3) is 0.600. The zero-order chi connectivity index (χ0) is 10.9. The van der Waals surface area contributed by atoms with E-state index in [0.717, 1.165) is 18.9 Å². The Morgan fingerprint density at radius 3 is 2.36 bits per heavy atom. The lowest BCUT2D eigenvalue weighted by molar-refractivity contribution is -0.699. The van der Waals surface area contributed by atoms with E-state index in [1.807, 2.05) is 0 Å². The van der Waals surface area contributed by atoms with E-state index in [1.54, 1.807) is 0 Å². The molecule has 0 aliphatic carbocycles. The fourth-order valence-electron chi connectivity index (χ4n) is 1.85. The molecule has 0 bridgehead atoms. The maximum atomic E-state index is 5.12. The van der Waals surface area contributed by atoms with Crippen molar-refractivity contribution in [1.82, 2.24) is 4.57 Å². The van der Waals surface area contributed by atoms with Crippen molar-refractivity contribution in [2.45, 2.75) is 40.8 Å². The number of imidazole rings is 1. The molecule has 4 heteroatoms. The first-order chi connectivity index (χ1) is 6.54. The molecule has 0 spiro atoms. The summed E-state index contributed by atoms with van der Waals surface area (Å²) >= 11 is 10.2. The Balaban J connectivity index is 3.49. The van der Waals surface area contributed by atoms with Gasteiger partial charge >= 0.3 is 0 Å². The molecule has 1 aromatic rings. The van der Waals surface area contributed by atoms with Crippen LogP contribution in [0.3, 0.4) is 0 Å². The van der Waals surface area contributed by atoms with Gasteiger partial charge in [0.15, 0.2) is 0 Å². The lowest BCUT2D eigenvalue weighted by atomic mass is 10.3. The van der Waals surface area contributed by atoms with E-state index in [-0.39, 0.29) is 0 Å². The summed E-state index contributed by atoms with van der Waals surface area (Å²) in [7, 11) is 0. The first-order valence-electron chi connectivity index (χ1n) is 4.85. The van der Waals surface area contributed by atoms with Crippen LogP contribution in [-0.4, -0.2) is 8.76 Å². The second-order valence-electron chi connectivity index (χ2n) is 3.27. The summed E-state index contributed by atoms with van der Waals surface area (Å²) in [6, 6.07) is 0. The maximum Gasteiger partial charge on any atom is 0.269 e. The van der Waals surface area contributed by atoms with Gasteiger partial charge in [-0.2, -0.15) is 0 Å². The molecule has 1 heterocycles. The molecular weight excluding hydrogens is 212 g/mol. The van der Waals surface area contributed by atoms with Crippen LogP contribution < -0.4 is 4.57 Å². The summed E-state index contributed by atoms with van der Waals surface area (Å²) in [4.78, 5) is 0. The van der Waals surface area contributed by atoms with Crippen LogP contribution in [-0.2, 0) is 25.7 Å². The van der Waals surface area contributed by atoms with Crippen molar-refractivity contribution in [3.8, 4) is 0 Å². The van der Waals surface area contributed by atoms with Crippen molar-refractivity contribution in [3.05, 3.63) is 17.2 Å². The predicted molar refractivity (Wildman–Crippen MR) is 64.5 cm³/mol. The summed E-state index contributed by atoms with van der Waals surface area (Å²) in [5.41, 5.74) is 2.52. The lowest BCUT2D eigenvalue weighted by Gasteiger charge is -2.05. The highest BCUT2D eigenvalue weighted by atomic mass is 32.1. The molecule has 0 aliphatic heterocycles. The fourth-order valence-corrected chi connectivity index (χ4v) is 2.29. The molecule has 1 aromatic heterocycles. The van der Waals surface area contributed by atoms with E-state index >= 15 is 0 Å². The zero-order valence-electron chi connectivity index (χ0n) is 9.13. The molecule has 2 nitrogen and oxygen atoms in total. The van der Waals surface area contributed by atoms with Gasteiger partial charge in [-0.25, -0.2) is 9.13 Å². The first kappa shape index (κ1) is 11.6. The number of nitrogens with zero attached hydrogens (tertiary/aromatic N) is 2. The van der Waals surface area contributed by atoms with Crippen LogP contribution in [0.2, 0.25) is 0 Å². The molecule has 0 radical (unpaired) electrons. The van der Waals surface area contributed by atoms with Crippen molar-refractivity contribution >= 4 is 29.0 Å². The van der Waals surface area contributed by atoms with Gasteiger partial charge in [-0.05, 0) is 18.0 Å². The molecule has 0 unspecified atom stereocenters. The first-order valence-corrected chi connectivity index (χ1v) is 5.67. The molecule has 1 rings (SSSR count). The largest absolute Gasteiger partial charge is 0.421 e. The van der Waals surface area contributed by atoms with Crippen LogP contribution in [0.25, 0.3) is 0 Å². The van der Waals surface area contributed by atoms with Crippen molar-refractivity contribution < 1.29 is 4.57 Å². The van der Waals surface area contributed by atoms with E-state index in [1.165, 1.54) is 11.4 Å². The van der Waals surface area contributed by atoms with Crippen LogP contribution in [0.5, 0.6) is 0 Å². The number of hydrogen-bond acceptors (Lipinski definition) is 2. The van der Waals surface area contributed by atoms with E-state index in [4.69, 9.17) is 24.8 Å². The summed E-state index contributed by atoms with van der Waals surface area (Å²) in [6.07, 6.45) is 0. The van der Waals surface area contributed by atoms with Gasteiger partial charge in [0.1, 0.15) is 11.4 Å². The Kier molecular flexibility index (Phi) is 3.61. The summed E-state index contributed by atoms with van der Waals surface area (Å²) in [6.45, 7) is 10.3. The van der Waals surface area contributed by atoms with Gasteiger partial charge in [-0.15, -0.1) is 0 Å². The smallest absolute Gasteiger partial charge is 0.269 e. The molecular formula is C10H16N2S2. The standard InChI is InChI=1S/C10H16N2S2/c1-5-11-7(3)8(4)12(6-2)9(11)10(13)14/h5-6H2,1-4H3. The molecule has 0 N–H and O–H groups in total. The van der Waals surface area contributed by atoms with E-state index in [0.29, 0.717) is 4.20 Å². The van der Waals surface area contributed by atoms with Gasteiger partial charge in [-0.3, -0.25) is 0 Å². The predicted octanol–water partition coefficient (Wildman–Crippen LogP) is 1.65. The van der Waals surface area contributed by atoms with E-state index < -0.39 is 0 Å². The Labute approximate surface area is 96.3 Å². The maximum absolute atomic E-state index is 5.12. The van der Waals surface area contributed by atoms with Crippen LogP contribution in [0.4, 0.5) is 0 Å². The minimum atomic E-state index is 0.560. The highest BCUT2D eigenvalue weighted by Crippen LogP contribution is 2.09. The summed E-state index contributed by atoms with van der Waals surface area (Å²) < 4.78 is 4.94. The Morgan fingerprint density at radius 2 is 2.00 bits per heavy atom. The second-order valence-corrected chi connectivity index (χ2v) is 4.35. The van der Waals surface area contributed by atoms with Gasteiger partial charge in [0.2, 0.25) is 0 Å². The summed E-state index contributed by atoms with van der Waals surface area (Å²) in [5, 5.41) is 0. The number of thiocarbonyl (C=S) groups is 1. The van der Waals surface area contributed by atoms with E-state index in [2.05, 4.69) is 36.8 Å². The van der Waals surface area contributed by atoms with Gasteiger partial charge in [0.25, 0.3) is 5.82 Å². The minimum Gasteiger partial charge on any atom is -0.421 e. The SMILES string of the molecule is CCn1c(C)c(C)[n+](CC)c1C(=S)[S-]. The van der Waals surface area contributed by atoms with Gasteiger partial charge in [-0.1, -0.05) is 0 Å². The second kappa shape index (κ2) is 4.36. The third-order valence-corrected chi connectivity index (χ3v) is 3.02. The molecule has 0 saturated heterocycles. The molecule has 78 valence electrons. The highest BCUT2D eigenvalue weighted by molar-refractivity contribution is 8.01. The molecule has 0 aromatic carbocycles. The molecule has 0 fully saturated rings. The number of hydrogen-bond donors (Lipinski definition) is 0. The Hall–Kier alpha value is -0.480. The highest BCUT2D eigenvalue weighted by Gasteiger charge is 2.21. The molecule has 0 aliphatic rings. The van der Waals surface area contributed by atoms with Gasteiger partial charge in [0.05, 0.1) is 13.1 Å². The van der Waals surface area contributed by atoms with Crippen molar-refractivity contribution in [2.24, 2.45) is 0 Å². The lowest BCUT2D eigenvalue weighted by Crippen LogP contribution is -2.40. The average Bonchev–Trinajstić information content (AvgIpc) is 2.39. The van der Waals surface area contributed by atoms with Crippen LogP contribution in [0, 0.1) is 13.8 Å². The number of aromatic nitrogens is 2. The molecule has 0 saturated carbocycles. The van der Waals surface area contributed by atoms with Crippen LogP contribution >= 0.6 is 12.2 Å². The quantitative estimate of drug-likeness (QED) is 0.442. The Bertz CT molecular complexity index is 339. The van der Waals surface area contributed by atoms with E-state index in [9.17, 15) is 0 Å². The van der Waals surface area contributed by atoms with Crippen LogP contribution in [0.15, 0.2) is 0 Å². The monoisotopic (exact) mass is 228 g/mol. The topological polar surface area (TPSA) is 8.81 Å². The third kappa shape index (κ3) is 1.68. The van der Waals surface area contributed by atoms with Gasteiger partial charge in [0, 0.05) is 13.8 Å². The van der Waals surface area contributed by atoms with Crippen molar-refractivity contribution in [2.75, 3.05) is 0 Å². The molecule has 14 heavy (non-hydrogen) atoms. The van der Waals surface area contributed by atoms with Crippen LogP contribution in [0.1, 0.15) is 31.1 Å². The summed E-state index contributed by atoms with van der Waals surface area (Å²) in [5.74, 6) is 1.01. The van der Waals surface area contributed by atoms with Crippen molar-refractivity contribution in [1.29, 1.82) is 0 Å². The van der Waals surface area contributed by atoms with Gasteiger partial charge < -0.3 is 24.8 Å². The molecule has 0 atom stereocenters. The average molecular weight is 228 g/mol. The normalized spacial score (nSPS) is 10.6. The minimum absolute atomic E-state index is 0.560. The molecule has 0 amide bonds.